The minimum Gasteiger partial charge on any atom is -0.250 e. The van der Waals surface area contributed by atoms with Gasteiger partial charge in [0.2, 0.25) is 0 Å². The first kappa shape index (κ1) is 17.4. The van der Waals surface area contributed by atoms with Crippen LogP contribution in [0, 0.1) is 6.92 Å². The topological polar surface area (TPSA) is 17.1 Å². The van der Waals surface area contributed by atoms with Crippen LogP contribution in [0.15, 0.2) is 40.1 Å². The highest BCUT2D eigenvalue weighted by molar-refractivity contribution is 7.88. The van der Waals surface area contributed by atoms with Crippen molar-refractivity contribution in [3.05, 3.63) is 40.8 Å². The van der Waals surface area contributed by atoms with Crippen molar-refractivity contribution in [2.24, 2.45) is 0 Å². The van der Waals surface area contributed by atoms with Crippen LogP contribution in [0.5, 0.6) is 0 Å². The summed E-state index contributed by atoms with van der Waals surface area (Å²) in [5.74, 6) is 0. The Balaban J connectivity index is 2.87. The second-order valence-electron chi connectivity index (χ2n) is 6.73. The van der Waals surface area contributed by atoms with Gasteiger partial charge in [-0.15, -0.1) is 0 Å². The molecule has 0 aliphatic carbocycles. The van der Waals surface area contributed by atoms with E-state index in [2.05, 4.69) is 33.5 Å². The van der Waals surface area contributed by atoms with Crippen molar-refractivity contribution >= 4 is 18.9 Å². The van der Waals surface area contributed by atoms with E-state index < -0.39 is 18.9 Å². The molecule has 0 fully saturated rings. The Morgan fingerprint density at radius 2 is 1.80 bits per heavy atom. The molecule has 1 rings (SSSR count). The van der Waals surface area contributed by atoms with Crippen LogP contribution >= 0.6 is 0 Å². The van der Waals surface area contributed by atoms with E-state index in [-0.39, 0.29) is 0 Å². The maximum Gasteiger partial charge on any atom is 0.0775 e. The van der Waals surface area contributed by atoms with E-state index in [0.717, 1.165) is 17.4 Å². The van der Waals surface area contributed by atoms with Crippen molar-refractivity contribution in [1.29, 1.82) is 0 Å². The van der Waals surface area contributed by atoms with E-state index in [1.165, 1.54) is 24.0 Å². The molecule has 1 atom stereocenters. The predicted molar refractivity (Wildman–Crippen MR) is 93.3 cm³/mol. The van der Waals surface area contributed by atoms with Gasteiger partial charge >= 0.3 is 0 Å². The van der Waals surface area contributed by atoms with E-state index in [1.807, 2.05) is 29.7 Å². The molecule has 0 aliphatic rings. The summed E-state index contributed by atoms with van der Waals surface area (Å²) in [4.78, 5) is 0.917. The summed E-state index contributed by atoms with van der Waals surface area (Å²) in [6, 6.07) is 9.18. The Morgan fingerprint density at radius 1 is 1.20 bits per heavy atom. The van der Waals surface area contributed by atoms with Gasteiger partial charge in [0.05, 0.1) is 10.8 Å². The lowest BCUT2D eigenvalue weighted by atomic mass is 10.1. The van der Waals surface area contributed by atoms with Gasteiger partial charge in [0, 0.05) is 18.4 Å². The molecular weight excluding hydrogens is 280 g/mol. The van der Waals surface area contributed by atoms with Crippen LogP contribution in [0.2, 0.25) is 25.7 Å². The third-order valence-electron chi connectivity index (χ3n) is 3.14. The van der Waals surface area contributed by atoms with Crippen molar-refractivity contribution < 1.29 is 4.21 Å². The fraction of sp³-hybridized carbons (Fsp3) is 0.529. The van der Waals surface area contributed by atoms with E-state index in [1.54, 1.807) is 0 Å². The second-order valence-corrected chi connectivity index (χ2v) is 13.5. The first-order valence-electron chi connectivity index (χ1n) is 7.48. The lowest BCUT2D eigenvalue weighted by Gasteiger charge is -2.18. The summed E-state index contributed by atoms with van der Waals surface area (Å²) in [6.45, 7) is 11.4. The molecule has 0 spiro atoms. The summed E-state index contributed by atoms with van der Waals surface area (Å²) in [5, 5.41) is 2.01. The number of benzene rings is 1. The molecule has 0 bridgehead atoms. The van der Waals surface area contributed by atoms with Crippen molar-refractivity contribution in [1.82, 2.24) is 0 Å². The smallest absolute Gasteiger partial charge is 0.0775 e. The predicted octanol–water partition coefficient (Wildman–Crippen LogP) is 5.51. The molecule has 1 aromatic rings. The molecule has 3 heteroatoms. The van der Waals surface area contributed by atoms with Gasteiger partial charge in [-0.1, -0.05) is 56.3 Å². The number of rotatable bonds is 7. The molecular formula is C17H28OSSi. The highest BCUT2D eigenvalue weighted by atomic mass is 32.2. The summed E-state index contributed by atoms with van der Waals surface area (Å²) in [6.07, 6.45) is 3.49. The van der Waals surface area contributed by atoms with Crippen LogP contribution < -0.4 is 0 Å². The SMILES string of the molecule is CCCC/C(=C/S(=O)c1ccc(C)cc1)C[Si](C)(C)C. The van der Waals surface area contributed by atoms with E-state index >= 15 is 0 Å². The van der Waals surface area contributed by atoms with Crippen LogP contribution in [0.1, 0.15) is 31.7 Å². The molecule has 0 heterocycles. The lowest BCUT2D eigenvalue weighted by Crippen LogP contribution is -2.20. The number of aryl methyl sites for hydroxylation is 1. The average Bonchev–Trinajstić information content (AvgIpc) is 2.35. The normalized spacial score (nSPS) is 14.3. The Labute approximate surface area is 128 Å². The highest BCUT2D eigenvalue weighted by Crippen LogP contribution is 2.23. The number of hydrogen-bond acceptors (Lipinski definition) is 1. The zero-order chi connectivity index (χ0) is 15.2. The van der Waals surface area contributed by atoms with Crippen molar-refractivity contribution in [3.63, 3.8) is 0 Å². The number of unbranched alkanes of at least 4 members (excludes halogenated alkanes) is 1. The summed E-state index contributed by atoms with van der Waals surface area (Å²) in [7, 11) is -2.15. The molecule has 20 heavy (non-hydrogen) atoms. The maximum atomic E-state index is 12.5. The fourth-order valence-corrected chi connectivity index (χ4v) is 5.00. The highest BCUT2D eigenvalue weighted by Gasteiger charge is 2.16. The molecule has 0 N–H and O–H groups in total. The molecule has 1 nitrogen and oxygen atoms in total. The van der Waals surface area contributed by atoms with Gasteiger partial charge < -0.3 is 0 Å². The summed E-state index contributed by atoms with van der Waals surface area (Å²) < 4.78 is 12.5. The Morgan fingerprint density at radius 3 is 2.30 bits per heavy atom. The zero-order valence-corrected chi connectivity index (χ0v) is 15.3. The summed E-state index contributed by atoms with van der Waals surface area (Å²) >= 11 is 0. The molecule has 0 saturated heterocycles. The van der Waals surface area contributed by atoms with Gasteiger partial charge in [-0.05, 0) is 37.9 Å². The number of hydrogen-bond donors (Lipinski definition) is 0. The second kappa shape index (κ2) is 7.94. The van der Waals surface area contributed by atoms with Gasteiger partial charge in [0.15, 0.2) is 0 Å². The largest absolute Gasteiger partial charge is 0.250 e. The van der Waals surface area contributed by atoms with Crippen LogP contribution in [-0.2, 0) is 10.8 Å². The number of allylic oxidation sites excluding steroid dienone is 1. The van der Waals surface area contributed by atoms with Gasteiger partial charge in [-0.25, -0.2) is 4.21 Å². The Kier molecular flexibility index (Phi) is 6.90. The third-order valence-corrected chi connectivity index (χ3v) is 5.93. The van der Waals surface area contributed by atoms with Crippen molar-refractivity contribution in [2.75, 3.05) is 0 Å². The van der Waals surface area contributed by atoms with Crippen LogP contribution in [0.3, 0.4) is 0 Å². The lowest BCUT2D eigenvalue weighted by molar-refractivity contribution is 0.687. The molecule has 112 valence electrons. The van der Waals surface area contributed by atoms with Crippen molar-refractivity contribution in [2.45, 2.75) is 63.7 Å². The zero-order valence-electron chi connectivity index (χ0n) is 13.5. The van der Waals surface area contributed by atoms with Crippen LogP contribution in [0.25, 0.3) is 0 Å². The Hall–Kier alpha value is -0.673. The first-order chi connectivity index (χ1) is 9.31. The monoisotopic (exact) mass is 308 g/mol. The third kappa shape index (κ3) is 6.66. The van der Waals surface area contributed by atoms with Gasteiger partial charge in [0.1, 0.15) is 0 Å². The fourth-order valence-electron chi connectivity index (χ4n) is 2.17. The minimum atomic E-state index is -1.15. The van der Waals surface area contributed by atoms with Crippen LogP contribution in [0.4, 0.5) is 0 Å². The quantitative estimate of drug-likeness (QED) is 0.607. The van der Waals surface area contributed by atoms with Crippen molar-refractivity contribution in [3.8, 4) is 0 Å². The maximum absolute atomic E-state index is 12.5. The molecule has 0 aliphatic heterocycles. The van der Waals surface area contributed by atoms with E-state index in [4.69, 9.17) is 0 Å². The van der Waals surface area contributed by atoms with E-state index in [0.29, 0.717) is 0 Å². The molecule has 0 amide bonds. The molecule has 1 aromatic carbocycles. The molecule has 0 aromatic heterocycles. The Bertz CT molecular complexity index is 469. The molecule has 0 saturated carbocycles. The standard InChI is InChI=1S/C17H28OSSi/c1-6-7-8-16(14-20(3,4)5)13-19(18)17-11-9-15(2)10-12-17/h9-13H,6-8,14H2,1-5H3/b16-13-. The first-order valence-corrected chi connectivity index (χ1v) is 12.4. The molecule has 0 radical (unpaired) electrons. The molecule has 1 unspecified atom stereocenters. The van der Waals surface area contributed by atoms with Crippen LogP contribution in [-0.4, -0.2) is 12.3 Å². The minimum absolute atomic E-state index is 0.917. The average molecular weight is 309 g/mol. The van der Waals surface area contributed by atoms with Gasteiger partial charge in [-0.2, -0.15) is 0 Å². The van der Waals surface area contributed by atoms with Gasteiger partial charge in [0.25, 0.3) is 0 Å². The van der Waals surface area contributed by atoms with E-state index in [9.17, 15) is 4.21 Å². The van der Waals surface area contributed by atoms with Gasteiger partial charge in [-0.3, -0.25) is 0 Å². The summed E-state index contributed by atoms with van der Waals surface area (Å²) in [5.41, 5.74) is 2.60.